The van der Waals surface area contributed by atoms with E-state index in [1.807, 2.05) is 24.5 Å². The molecule has 0 fully saturated rings. The summed E-state index contributed by atoms with van der Waals surface area (Å²) in [6.45, 7) is 0. The second-order valence-electron chi connectivity index (χ2n) is 3.49. The molecule has 1 aromatic carbocycles. The fourth-order valence-corrected chi connectivity index (χ4v) is 2.98. The standard InChI is InChI=1S/C11H11Br2N5S/c1-19-11-16-8(5-9(17-11)18-14)15-10-6(12)3-2-4-7(10)13/h2-5H,14H2,1H3,(H2,15,16,17,18). The van der Waals surface area contributed by atoms with E-state index in [-0.39, 0.29) is 0 Å². The van der Waals surface area contributed by atoms with Crippen molar-refractivity contribution in [1.29, 1.82) is 0 Å². The predicted octanol–water partition coefficient (Wildman–Crippen LogP) is 3.75. The molecule has 0 atom stereocenters. The molecule has 0 unspecified atom stereocenters. The van der Waals surface area contributed by atoms with E-state index in [0.717, 1.165) is 14.6 Å². The molecule has 2 aromatic rings. The van der Waals surface area contributed by atoms with Gasteiger partial charge in [-0.25, -0.2) is 15.8 Å². The molecule has 0 bridgehead atoms. The number of hydrazine groups is 1. The van der Waals surface area contributed by atoms with E-state index in [9.17, 15) is 0 Å². The van der Waals surface area contributed by atoms with Crippen LogP contribution in [0.4, 0.5) is 17.3 Å². The van der Waals surface area contributed by atoms with Crippen molar-refractivity contribution in [2.24, 2.45) is 5.84 Å². The molecule has 0 aliphatic rings. The molecule has 0 amide bonds. The van der Waals surface area contributed by atoms with Gasteiger partial charge in [0.2, 0.25) is 0 Å². The largest absolute Gasteiger partial charge is 0.338 e. The third-order valence-electron chi connectivity index (χ3n) is 2.25. The Hall–Kier alpha value is -0.830. The van der Waals surface area contributed by atoms with Crippen molar-refractivity contribution in [3.8, 4) is 0 Å². The van der Waals surface area contributed by atoms with Gasteiger partial charge in [0.25, 0.3) is 0 Å². The van der Waals surface area contributed by atoms with Crippen molar-refractivity contribution >= 4 is 60.9 Å². The van der Waals surface area contributed by atoms with Crippen molar-refractivity contribution < 1.29 is 0 Å². The lowest BCUT2D eigenvalue weighted by Crippen LogP contribution is -2.10. The summed E-state index contributed by atoms with van der Waals surface area (Å²) in [7, 11) is 0. The highest BCUT2D eigenvalue weighted by Gasteiger charge is 2.08. The lowest BCUT2D eigenvalue weighted by molar-refractivity contribution is 0.971. The van der Waals surface area contributed by atoms with E-state index in [0.29, 0.717) is 16.8 Å². The van der Waals surface area contributed by atoms with E-state index in [1.165, 1.54) is 11.8 Å². The minimum absolute atomic E-state index is 0.560. The Morgan fingerprint density at radius 1 is 1.16 bits per heavy atom. The number of nitrogen functional groups attached to an aromatic ring is 1. The summed E-state index contributed by atoms with van der Waals surface area (Å²) in [5, 5.41) is 3.88. The molecule has 0 saturated heterocycles. The number of anilines is 3. The maximum atomic E-state index is 5.40. The van der Waals surface area contributed by atoms with Crippen LogP contribution in [0, 0.1) is 0 Å². The van der Waals surface area contributed by atoms with Crippen molar-refractivity contribution in [2.45, 2.75) is 5.16 Å². The Labute approximate surface area is 132 Å². The summed E-state index contributed by atoms with van der Waals surface area (Å²) in [4.78, 5) is 8.59. The highest BCUT2D eigenvalue weighted by Crippen LogP contribution is 2.33. The minimum Gasteiger partial charge on any atom is -0.338 e. The summed E-state index contributed by atoms with van der Waals surface area (Å²) in [5.74, 6) is 6.63. The Morgan fingerprint density at radius 3 is 2.37 bits per heavy atom. The summed E-state index contributed by atoms with van der Waals surface area (Å²) in [6, 6.07) is 7.59. The fraction of sp³-hybridized carbons (Fsp3) is 0.0909. The average Bonchev–Trinajstić information content (AvgIpc) is 2.42. The van der Waals surface area contributed by atoms with Crippen LogP contribution >= 0.6 is 43.6 Å². The summed E-state index contributed by atoms with van der Waals surface area (Å²) in [6.07, 6.45) is 1.91. The fourth-order valence-electron chi connectivity index (χ4n) is 1.40. The van der Waals surface area contributed by atoms with Gasteiger partial charge < -0.3 is 10.7 Å². The van der Waals surface area contributed by atoms with Gasteiger partial charge in [-0.2, -0.15) is 0 Å². The van der Waals surface area contributed by atoms with E-state index < -0.39 is 0 Å². The minimum atomic E-state index is 0.560. The molecule has 1 aromatic heterocycles. The molecule has 8 heteroatoms. The normalized spacial score (nSPS) is 10.3. The van der Waals surface area contributed by atoms with Gasteiger partial charge in [-0.3, -0.25) is 0 Å². The van der Waals surface area contributed by atoms with Gasteiger partial charge in [0, 0.05) is 15.0 Å². The molecule has 4 N–H and O–H groups in total. The summed E-state index contributed by atoms with van der Waals surface area (Å²) < 4.78 is 1.88. The van der Waals surface area contributed by atoms with Gasteiger partial charge in [0.05, 0.1) is 5.69 Å². The number of para-hydroxylation sites is 1. The van der Waals surface area contributed by atoms with Crippen molar-refractivity contribution in [3.63, 3.8) is 0 Å². The smallest absolute Gasteiger partial charge is 0.191 e. The number of halogens is 2. The monoisotopic (exact) mass is 403 g/mol. The van der Waals surface area contributed by atoms with Gasteiger partial charge >= 0.3 is 0 Å². The quantitative estimate of drug-likeness (QED) is 0.312. The van der Waals surface area contributed by atoms with Gasteiger partial charge in [0.15, 0.2) is 5.16 Å². The number of benzene rings is 1. The van der Waals surface area contributed by atoms with Gasteiger partial charge in [-0.1, -0.05) is 17.8 Å². The number of aromatic nitrogens is 2. The second kappa shape index (κ2) is 6.56. The molecule has 2 rings (SSSR count). The molecule has 0 aliphatic heterocycles. The third kappa shape index (κ3) is 3.59. The van der Waals surface area contributed by atoms with Crippen LogP contribution in [-0.4, -0.2) is 16.2 Å². The van der Waals surface area contributed by atoms with E-state index in [4.69, 9.17) is 5.84 Å². The molecular formula is C11H11Br2N5S. The first-order chi connectivity index (χ1) is 9.13. The predicted molar refractivity (Wildman–Crippen MR) is 86.7 cm³/mol. The molecule has 0 radical (unpaired) electrons. The van der Waals surface area contributed by atoms with Crippen LogP contribution in [0.5, 0.6) is 0 Å². The Balaban J connectivity index is 2.37. The second-order valence-corrected chi connectivity index (χ2v) is 5.97. The topological polar surface area (TPSA) is 75.9 Å². The summed E-state index contributed by atoms with van der Waals surface area (Å²) in [5.41, 5.74) is 3.43. The van der Waals surface area contributed by atoms with Gasteiger partial charge in [-0.15, -0.1) is 0 Å². The highest BCUT2D eigenvalue weighted by molar-refractivity contribution is 9.11. The molecule has 100 valence electrons. The molecule has 0 spiro atoms. The van der Waals surface area contributed by atoms with Crippen LogP contribution < -0.4 is 16.6 Å². The number of hydrogen-bond acceptors (Lipinski definition) is 6. The lowest BCUT2D eigenvalue weighted by Gasteiger charge is -2.11. The number of rotatable bonds is 4. The van der Waals surface area contributed by atoms with Crippen LogP contribution in [0.15, 0.2) is 38.4 Å². The maximum Gasteiger partial charge on any atom is 0.191 e. The first-order valence-corrected chi connectivity index (χ1v) is 8.06. The number of hydrogen-bond donors (Lipinski definition) is 3. The Bertz CT molecular complexity index is 551. The van der Waals surface area contributed by atoms with Crippen LogP contribution in [0.1, 0.15) is 0 Å². The first-order valence-electron chi connectivity index (χ1n) is 5.24. The van der Waals surface area contributed by atoms with Crippen LogP contribution in [0.2, 0.25) is 0 Å². The van der Waals surface area contributed by atoms with E-state index in [1.54, 1.807) is 6.07 Å². The zero-order chi connectivity index (χ0) is 13.8. The van der Waals surface area contributed by atoms with Crippen molar-refractivity contribution in [2.75, 3.05) is 17.0 Å². The Morgan fingerprint density at radius 2 is 1.79 bits per heavy atom. The van der Waals surface area contributed by atoms with Crippen LogP contribution in [-0.2, 0) is 0 Å². The lowest BCUT2D eigenvalue weighted by atomic mass is 10.3. The van der Waals surface area contributed by atoms with Gasteiger partial charge in [-0.05, 0) is 50.2 Å². The molecular weight excluding hydrogens is 394 g/mol. The molecule has 19 heavy (non-hydrogen) atoms. The van der Waals surface area contributed by atoms with Crippen molar-refractivity contribution in [3.05, 3.63) is 33.2 Å². The number of thioether (sulfide) groups is 1. The highest BCUT2D eigenvalue weighted by atomic mass is 79.9. The Kier molecular flexibility index (Phi) is 5.03. The van der Waals surface area contributed by atoms with E-state index >= 15 is 0 Å². The number of nitrogens with zero attached hydrogens (tertiary/aromatic N) is 2. The van der Waals surface area contributed by atoms with E-state index in [2.05, 4.69) is 52.6 Å². The molecule has 5 nitrogen and oxygen atoms in total. The SMILES string of the molecule is CSc1nc(NN)cc(Nc2c(Br)cccc2Br)n1. The van der Waals surface area contributed by atoms with Crippen LogP contribution in [0.25, 0.3) is 0 Å². The zero-order valence-electron chi connectivity index (χ0n) is 9.95. The molecule has 1 heterocycles. The zero-order valence-corrected chi connectivity index (χ0v) is 13.9. The summed E-state index contributed by atoms with van der Waals surface area (Å²) >= 11 is 8.44. The molecule has 0 saturated carbocycles. The number of nitrogens with two attached hydrogens (primary N) is 1. The average molecular weight is 405 g/mol. The first kappa shape index (κ1) is 14.6. The van der Waals surface area contributed by atoms with Crippen molar-refractivity contribution in [1.82, 2.24) is 9.97 Å². The van der Waals surface area contributed by atoms with Gasteiger partial charge in [0.1, 0.15) is 11.6 Å². The van der Waals surface area contributed by atoms with Crippen LogP contribution in [0.3, 0.4) is 0 Å². The molecule has 0 aliphatic carbocycles. The number of nitrogens with one attached hydrogen (secondary N) is 2. The maximum absolute atomic E-state index is 5.40. The third-order valence-corrected chi connectivity index (χ3v) is 4.12.